The molecule has 3 aromatic carbocycles. The summed E-state index contributed by atoms with van der Waals surface area (Å²) in [6.07, 6.45) is 1.50. The van der Waals surface area contributed by atoms with E-state index in [9.17, 15) is 10.1 Å². The Morgan fingerprint density at radius 2 is 2.00 bits per heavy atom. The fraction of sp³-hybridized carbons (Fsp3) is 0.0833. The van der Waals surface area contributed by atoms with E-state index in [0.717, 1.165) is 13.6 Å². The zero-order valence-electron chi connectivity index (χ0n) is 17.2. The molecular weight excluding hydrogens is 642 g/mol. The molecular formula is C24H16BrCl2IN2O3. The molecule has 3 rings (SSSR count). The number of ether oxygens (including phenoxy) is 2. The molecule has 0 saturated carbocycles. The summed E-state index contributed by atoms with van der Waals surface area (Å²) in [5.74, 6) is 0.476. The van der Waals surface area contributed by atoms with E-state index in [-0.39, 0.29) is 12.2 Å². The first-order chi connectivity index (χ1) is 15.8. The predicted octanol–water partition coefficient (Wildman–Crippen LogP) is 7.49. The highest BCUT2D eigenvalue weighted by Crippen LogP contribution is 2.36. The number of halogens is 4. The minimum Gasteiger partial charge on any atom is -0.493 e. The molecule has 9 heteroatoms. The van der Waals surface area contributed by atoms with E-state index in [1.807, 2.05) is 12.1 Å². The molecule has 0 aliphatic carbocycles. The second-order valence-corrected chi connectivity index (χ2v) is 9.61. The van der Waals surface area contributed by atoms with Crippen molar-refractivity contribution in [2.75, 3.05) is 12.4 Å². The van der Waals surface area contributed by atoms with Gasteiger partial charge >= 0.3 is 0 Å². The third-order valence-electron chi connectivity index (χ3n) is 4.40. The van der Waals surface area contributed by atoms with E-state index in [1.165, 1.54) is 13.2 Å². The van der Waals surface area contributed by atoms with Gasteiger partial charge in [0.1, 0.15) is 18.2 Å². The van der Waals surface area contributed by atoms with Gasteiger partial charge in [0.15, 0.2) is 11.5 Å². The average molecular weight is 658 g/mol. The summed E-state index contributed by atoms with van der Waals surface area (Å²) in [5, 5.41) is 13.3. The molecule has 1 amide bonds. The van der Waals surface area contributed by atoms with Crippen LogP contribution in [0.15, 0.2) is 64.6 Å². The number of nitrogens with one attached hydrogen (secondary N) is 1. The Balaban J connectivity index is 1.83. The predicted molar refractivity (Wildman–Crippen MR) is 143 cm³/mol. The summed E-state index contributed by atoms with van der Waals surface area (Å²) >= 11 is 17.6. The Morgan fingerprint density at radius 1 is 1.21 bits per heavy atom. The summed E-state index contributed by atoms with van der Waals surface area (Å²) in [6, 6.07) is 17.8. The molecule has 0 saturated heterocycles. The smallest absolute Gasteiger partial charge is 0.266 e. The van der Waals surface area contributed by atoms with Crippen LogP contribution in [0.1, 0.15) is 11.1 Å². The Morgan fingerprint density at radius 3 is 2.67 bits per heavy atom. The van der Waals surface area contributed by atoms with Crippen molar-refractivity contribution in [3.63, 3.8) is 0 Å². The van der Waals surface area contributed by atoms with E-state index in [4.69, 9.17) is 32.7 Å². The van der Waals surface area contributed by atoms with Crippen molar-refractivity contribution in [2.24, 2.45) is 0 Å². The highest BCUT2D eigenvalue weighted by molar-refractivity contribution is 14.1. The Kier molecular flexibility index (Phi) is 9.03. The molecule has 0 unspecified atom stereocenters. The standard InChI is InChI=1S/C24H16BrCl2IN2O3/c1-32-22-9-14(7-16(12-29)24(31)30-19-4-2-3-17(25)10-19)8-21(28)23(22)33-13-15-5-6-18(26)11-20(15)27/h2-11H,13H2,1H3,(H,30,31)/b16-7-. The van der Waals surface area contributed by atoms with Gasteiger partial charge in [0.05, 0.1) is 10.7 Å². The van der Waals surface area contributed by atoms with Gasteiger partial charge in [-0.05, 0) is 76.7 Å². The van der Waals surface area contributed by atoms with E-state index < -0.39 is 5.91 Å². The topological polar surface area (TPSA) is 71.3 Å². The number of amides is 1. The van der Waals surface area contributed by atoms with E-state index in [2.05, 4.69) is 43.8 Å². The molecule has 0 aromatic heterocycles. The SMILES string of the molecule is COc1cc(/C=C(/C#N)C(=O)Nc2cccc(Br)c2)cc(I)c1OCc1ccc(Cl)cc1Cl. The number of nitrogens with zero attached hydrogens (tertiary/aromatic N) is 1. The van der Waals surface area contributed by atoms with Gasteiger partial charge in [0.25, 0.3) is 5.91 Å². The van der Waals surface area contributed by atoms with Crippen molar-refractivity contribution in [3.05, 3.63) is 89.4 Å². The van der Waals surface area contributed by atoms with Crippen LogP contribution >= 0.6 is 61.7 Å². The van der Waals surface area contributed by atoms with Crippen molar-refractivity contribution >= 4 is 79.4 Å². The van der Waals surface area contributed by atoms with Crippen LogP contribution in [0.25, 0.3) is 6.08 Å². The van der Waals surface area contributed by atoms with Crippen molar-refractivity contribution in [2.45, 2.75) is 6.61 Å². The third kappa shape index (κ3) is 6.87. The van der Waals surface area contributed by atoms with Gasteiger partial charge in [0.2, 0.25) is 0 Å². The Hall–Kier alpha value is -2.25. The first kappa shape index (κ1) is 25.4. The van der Waals surface area contributed by atoms with Gasteiger partial charge in [-0.3, -0.25) is 4.79 Å². The number of carbonyl (C=O) groups excluding carboxylic acids is 1. The maximum absolute atomic E-state index is 12.6. The van der Waals surface area contributed by atoms with Crippen molar-refractivity contribution in [1.29, 1.82) is 5.26 Å². The number of hydrogen-bond donors (Lipinski definition) is 1. The lowest BCUT2D eigenvalue weighted by Crippen LogP contribution is -2.13. The van der Waals surface area contributed by atoms with E-state index in [1.54, 1.807) is 48.5 Å². The van der Waals surface area contributed by atoms with Crippen LogP contribution in [0.5, 0.6) is 11.5 Å². The van der Waals surface area contributed by atoms with Gasteiger partial charge in [0, 0.05) is 25.8 Å². The normalized spacial score (nSPS) is 11.0. The highest BCUT2D eigenvalue weighted by atomic mass is 127. The van der Waals surface area contributed by atoms with Gasteiger partial charge in [-0.2, -0.15) is 5.26 Å². The summed E-state index contributed by atoms with van der Waals surface area (Å²) in [4.78, 5) is 12.6. The third-order valence-corrected chi connectivity index (χ3v) is 6.28. The molecule has 1 N–H and O–H groups in total. The molecule has 0 heterocycles. The molecule has 33 heavy (non-hydrogen) atoms. The summed E-state index contributed by atoms with van der Waals surface area (Å²) in [7, 11) is 1.52. The Bertz CT molecular complexity index is 1280. The van der Waals surface area contributed by atoms with Gasteiger partial charge in [-0.25, -0.2) is 0 Å². The molecule has 0 aliphatic heterocycles. The van der Waals surface area contributed by atoms with Crippen LogP contribution in [-0.4, -0.2) is 13.0 Å². The minimum atomic E-state index is -0.512. The van der Waals surface area contributed by atoms with E-state index in [0.29, 0.717) is 32.8 Å². The lowest BCUT2D eigenvalue weighted by Gasteiger charge is -2.14. The highest BCUT2D eigenvalue weighted by Gasteiger charge is 2.15. The lowest BCUT2D eigenvalue weighted by atomic mass is 10.1. The molecule has 3 aromatic rings. The molecule has 0 atom stereocenters. The first-order valence-electron chi connectivity index (χ1n) is 9.43. The maximum Gasteiger partial charge on any atom is 0.266 e. The molecule has 0 fully saturated rings. The number of benzene rings is 3. The Labute approximate surface area is 223 Å². The van der Waals surface area contributed by atoms with Crippen LogP contribution in [-0.2, 0) is 11.4 Å². The number of anilines is 1. The van der Waals surface area contributed by atoms with Crippen LogP contribution in [0.3, 0.4) is 0 Å². The van der Waals surface area contributed by atoms with Gasteiger partial charge in [-0.15, -0.1) is 0 Å². The van der Waals surface area contributed by atoms with Gasteiger partial charge in [-0.1, -0.05) is 51.3 Å². The molecule has 168 valence electrons. The summed E-state index contributed by atoms with van der Waals surface area (Å²) in [6.45, 7) is 0.218. The average Bonchev–Trinajstić information content (AvgIpc) is 2.77. The van der Waals surface area contributed by atoms with Gasteiger partial charge < -0.3 is 14.8 Å². The molecule has 5 nitrogen and oxygen atoms in total. The number of hydrogen-bond acceptors (Lipinski definition) is 4. The summed E-state index contributed by atoms with van der Waals surface area (Å²) < 4.78 is 13.0. The maximum atomic E-state index is 12.6. The molecule has 0 aliphatic rings. The fourth-order valence-corrected chi connectivity index (χ4v) is 4.48. The first-order valence-corrected chi connectivity index (χ1v) is 12.1. The quantitative estimate of drug-likeness (QED) is 0.162. The molecule has 0 bridgehead atoms. The number of nitriles is 1. The largest absolute Gasteiger partial charge is 0.493 e. The monoisotopic (exact) mass is 656 g/mol. The second-order valence-electron chi connectivity index (χ2n) is 6.69. The molecule has 0 spiro atoms. The van der Waals surface area contributed by atoms with Crippen LogP contribution in [0, 0.1) is 14.9 Å². The van der Waals surface area contributed by atoms with Crippen molar-refractivity contribution in [3.8, 4) is 17.6 Å². The van der Waals surface area contributed by atoms with Crippen LogP contribution in [0.4, 0.5) is 5.69 Å². The number of carbonyl (C=O) groups is 1. The van der Waals surface area contributed by atoms with Crippen molar-refractivity contribution in [1.82, 2.24) is 0 Å². The number of methoxy groups -OCH3 is 1. The lowest BCUT2D eigenvalue weighted by molar-refractivity contribution is -0.112. The molecule has 0 radical (unpaired) electrons. The minimum absolute atomic E-state index is 0.0468. The fourth-order valence-electron chi connectivity index (χ4n) is 2.83. The zero-order chi connectivity index (χ0) is 24.0. The van der Waals surface area contributed by atoms with Crippen LogP contribution < -0.4 is 14.8 Å². The second kappa shape index (κ2) is 11.7. The zero-order valence-corrected chi connectivity index (χ0v) is 22.4. The van der Waals surface area contributed by atoms with Crippen LogP contribution in [0.2, 0.25) is 10.0 Å². The van der Waals surface area contributed by atoms with Crippen molar-refractivity contribution < 1.29 is 14.3 Å². The number of rotatable bonds is 7. The van der Waals surface area contributed by atoms with E-state index >= 15 is 0 Å². The summed E-state index contributed by atoms with van der Waals surface area (Å²) in [5.41, 5.74) is 1.93.